The third-order valence-corrected chi connectivity index (χ3v) is 2.43. The minimum Gasteiger partial charge on any atom is -0.381 e. The van der Waals surface area contributed by atoms with E-state index in [1.54, 1.807) is 0 Å². The fraction of sp³-hybridized carbons (Fsp3) is 0.714. The normalized spacial score (nSPS) is 11.8. The maximum atomic E-state index is 5.34. The zero-order valence-corrected chi connectivity index (χ0v) is 12.2. The Bertz CT molecular complexity index is 372. The molecule has 1 N–H and O–H groups in total. The summed E-state index contributed by atoms with van der Waals surface area (Å²) in [5.74, 6) is 0.870. The monoisotopic (exact) mass is 251 g/mol. The molecule has 0 amide bonds. The number of hydrogen-bond acceptors (Lipinski definition) is 4. The summed E-state index contributed by atoms with van der Waals surface area (Å²) in [5.41, 5.74) is 2.16. The lowest BCUT2D eigenvalue weighted by Gasteiger charge is -2.20. The van der Waals surface area contributed by atoms with Gasteiger partial charge in [0.25, 0.3) is 0 Å². The van der Waals surface area contributed by atoms with Crippen LogP contribution in [0.2, 0.25) is 0 Å². The first kappa shape index (κ1) is 15.1. The van der Waals surface area contributed by atoms with Gasteiger partial charge in [-0.1, -0.05) is 0 Å². The van der Waals surface area contributed by atoms with E-state index in [0.29, 0.717) is 6.61 Å². The lowest BCUT2D eigenvalue weighted by Crippen LogP contribution is -2.35. The molecule has 0 aliphatic carbocycles. The summed E-state index contributed by atoms with van der Waals surface area (Å²) < 4.78 is 5.34. The lowest BCUT2D eigenvalue weighted by molar-refractivity contribution is 0.149. The molecule has 18 heavy (non-hydrogen) atoms. The smallest absolute Gasteiger partial charge is 0.131 e. The molecule has 0 saturated heterocycles. The van der Waals surface area contributed by atoms with Crippen molar-refractivity contribution in [3.05, 3.63) is 23.3 Å². The van der Waals surface area contributed by atoms with E-state index in [1.165, 1.54) is 0 Å². The van der Waals surface area contributed by atoms with Crippen LogP contribution in [0, 0.1) is 6.92 Å². The molecule has 0 atom stereocenters. The largest absolute Gasteiger partial charge is 0.381 e. The van der Waals surface area contributed by atoms with Crippen LogP contribution in [0.1, 0.15) is 44.9 Å². The fourth-order valence-corrected chi connectivity index (χ4v) is 1.57. The number of ether oxygens (including phenoxy) is 1. The molecule has 102 valence electrons. The highest BCUT2D eigenvalue weighted by Crippen LogP contribution is 2.05. The summed E-state index contributed by atoms with van der Waals surface area (Å²) in [6.07, 6.45) is 0.776. The highest BCUT2D eigenvalue weighted by molar-refractivity contribution is 5.10. The van der Waals surface area contributed by atoms with Gasteiger partial charge in [-0.15, -0.1) is 0 Å². The lowest BCUT2D eigenvalue weighted by atomic mass is 10.1. The molecule has 1 heterocycles. The van der Waals surface area contributed by atoms with Gasteiger partial charge in [0.1, 0.15) is 5.82 Å². The van der Waals surface area contributed by atoms with E-state index in [-0.39, 0.29) is 5.54 Å². The third-order valence-electron chi connectivity index (χ3n) is 2.43. The quantitative estimate of drug-likeness (QED) is 0.788. The van der Waals surface area contributed by atoms with Crippen LogP contribution in [-0.2, 0) is 17.7 Å². The molecule has 4 heteroatoms. The molecule has 0 unspecified atom stereocenters. The van der Waals surface area contributed by atoms with E-state index in [0.717, 1.165) is 36.8 Å². The van der Waals surface area contributed by atoms with Crippen molar-refractivity contribution in [2.45, 2.75) is 53.1 Å². The summed E-state index contributed by atoms with van der Waals surface area (Å²) >= 11 is 0. The predicted molar refractivity (Wildman–Crippen MR) is 73.6 cm³/mol. The first-order valence-corrected chi connectivity index (χ1v) is 6.57. The molecular formula is C14H25N3O. The summed E-state index contributed by atoms with van der Waals surface area (Å²) in [7, 11) is 0. The van der Waals surface area contributed by atoms with Crippen molar-refractivity contribution in [2.75, 3.05) is 13.2 Å². The molecule has 0 aliphatic rings. The van der Waals surface area contributed by atoms with Gasteiger partial charge in [-0.25, -0.2) is 9.97 Å². The third kappa shape index (κ3) is 6.07. The van der Waals surface area contributed by atoms with Crippen molar-refractivity contribution in [1.29, 1.82) is 0 Å². The molecule has 0 spiro atoms. The zero-order chi connectivity index (χ0) is 13.6. The van der Waals surface area contributed by atoms with Gasteiger partial charge in [0.2, 0.25) is 0 Å². The zero-order valence-electron chi connectivity index (χ0n) is 12.2. The van der Waals surface area contributed by atoms with Crippen LogP contribution in [0.4, 0.5) is 0 Å². The summed E-state index contributed by atoms with van der Waals surface area (Å²) in [6, 6.07) is 2.03. The molecular weight excluding hydrogens is 226 g/mol. The predicted octanol–water partition coefficient (Wildman–Crippen LogP) is 2.25. The average molecular weight is 251 g/mol. The molecule has 1 rings (SSSR count). The van der Waals surface area contributed by atoms with Gasteiger partial charge in [-0.05, 0) is 40.7 Å². The fourth-order valence-electron chi connectivity index (χ4n) is 1.57. The van der Waals surface area contributed by atoms with E-state index >= 15 is 0 Å². The maximum Gasteiger partial charge on any atom is 0.131 e. The van der Waals surface area contributed by atoms with Crippen LogP contribution >= 0.6 is 0 Å². The Kier molecular flexibility index (Phi) is 5.69. The van der Waals surface area contributed by atoms with Crippen molar-refractivity contribution in [2.24, 2.45) is 0 Å². The molecule has 1 aromatic heterocycles. The van der Waals surface area contributed by atoms with Crippen molar-refractivity contribution in [3.8, 4) is 0 Å². The highest BCUT2D eigenvalue weighted by atomic mass is 16.5. The second kappa shape index (κ2) is 6.81. The van der Waals surface area contributed by atoms with Crippen molar-refractivity contribution >= 4 is 0 Å². The van der Waals surface area contributed by atoms with Crippen LogP contribution in [0.5, 0.6) is 0 Å². The average Bonchev–Trinajstić information content (AvgIpc) is 2.25. The van der Waals surface area contributed by atoms with Crippen LogP contribution in [0.15, 0.2) is 6.07 Å². The molecule has 0 aromatic carbocycles. The SMILES string of the molecule is CCOCCc1nc(C)cc(CNC(C)(C)C)n1. The van der Waals surface area contributed by atoms with E-state index < -0.39 is 0 Å². The first-order valence-electron chi connectivity index (χ1n) is 6.57. The second-order valence-corrected chi connectivity index (χ2v) is 5.47. The van der Waals surface area contributed by atoms with Crippen LogP contribution in [-0.4, -0.2) is 28.7 Å². The topological polar surface area (TPSA) is 47.0 Å². The molecule has 0 fully saturated rings. The molecule has 1 aromatic rings. The van der Waals surface area contributed by atoms with Crippen LogP contribution in [0.25, 0.3) is 0 Å². The van der Waals surface area contributed by atoms with E-state index in [1.807, 2.05) is 19.9 Å². The Morgan fingerprint density at radius 1 is 1.28 bits per heavy atom. The second-order valence-electron chi connectivity index (χ2n) is 5.47. The van der Waals surface area contributed by atoms with Gasteiger partial charge in [0, 0.05) is 30.8 Å². The molecule has 0 aliphatic heterocycles. The van der Waals surface area contributed by atoms with Crippen molar-refractivity contribution in [3.63, 3.8) is 0 Å². The van der Waals surface area contributed by atoms with Gasteiger partial charge in [-0.3, -0.25) is 0 Å². The van der Waals surface area contributed by atoms with Gasteiger partial charge in [0.05, 0.1) is 12.3 Å². The number of rotatable bonds is 6. The summed E-state index contributed by atoms with van der Waals surface area (Å²) in [6.45, 7) is 12.7. The molecule has 0 bridgehead atoms. The van der Waals surface area contributed by atoms with Gasteiger partial charge < -0.3 is 10.1 Å². The number of hydrogen-bond donors (Lipinski definition) is 1. The molecule has 0 radical (unpaired) electrons. The standard InChI is InChI=1S/C14H25N3O/c1-6-18-8-7-13-16-11(2)9-12(17-13)10-15-14(3,4)5/h9,15H,6-8,10H2,1-5H3. The summed E-state index contributed by atoms with van der Waals surface area (Å²) in [4.78, 5) is 8.99. The maximum absolute atomic E-state index is 5.34. The Hall–Kier alpha value is -1.00. The number of aromatic nitrogens is 2. The molecule has 0 saturated carbocycles. The Labute approximate surface area is 110 Å². The number of nitrogens with one attached hydrogen (secondary N) is 1. The van der Waals surface area contributed by atoms with Crippen LogP contribution < -0.4 is 5.32 Å². The van der Waals surface area contributed by atoms with Crippen LogP contribution in [0.3, 0.4) is 0 Å². The Morgan fingerprint density at radius 2 is 2.00 bits per heavy atom. The number of aryl methyl sites for hydroxylation is 1. The van der Waals surface area contributed by atoms with Gasteiger partial charge in [-0.2, -0.15) is 0 Å². The van der Waals surface area contributed by atoms with Crippen molar-refractivity contribution < 1.29 is 4.74 Å². The van der Waals surface area contributed by atoms with E-state index in [9.17, 15) is 0 Å². The minimum atomic E-state index is 0.102. The van der Waals surface area contributed by atoms with Gasteiger partial charge >= 0.3 is 0 Å². The van der Waals surface area contributed by atoms with Gasteiger partial charge in [0.15, 0.2) is 0 Å². The highest BCUT2D eigenvalue weighted by Gasteiger charge is 2.10. The first-order chi connectivity index (χ1) is 8.40. The van der Waals surface area contributed by atoms with E-state index in [2.05, 4.69) is 36.1 Å². The van der Waals surface area contributed by atoms with Crippen molar-refractivity contribution in [1.82, 2.24) is 15.3 Å². The number of nitrogens with zero attached hydrogens (tertiary/aromatic N) is 2. The Morgan fingerprint density at radius 3 is 2.61 bits per heavy atom. The molecule has 4 nitrogen and oxygen atoms in total. The summed E-state index contributed by atoms with van der Waals surface area (Å²) in [5, 5.41) is 3.44. The minimum absolute atomic E-state index is 0.102. The Balaban J connectivity index is 2.62. The van der Waals surface area contributed by atoms with E-state index in [4.69, 9.17) is 4.74 Å².